The molecule has 0 fully saturated rings. The van der Waals surface area contributed by atoms with Crippen LogP contribution >= 0.6 is 0 Å². The lowest BCUT2D eigenvalue weighted by molar-refractivity contribution is -0.178. The number of carbonyl (C=O) groups is 9. The van der Waals surface area contributed by atoms with Gasteiger partial charge in [0.2, 0.25) is 0 Å². The first-order valence-electron chi connectivity index (χ1n) is 19.1. The summed E-state index contributed by atoms with van der Waals surface area (Å²) in [4.78, 5) is 113. The highest BCUT2D eigenvalue weighted by Gasteiger charge is 2.43. The van der Waals surface area contributed by atoms with Crippen LogP contribution in [0.3, 0.4) is 0 Å². The van der Waals surface area contributed by atoms with Crippen LogP contribution in [0.5, 0.6) is 0 Å². The van der Waals surface area contributed by atoms with Gasteiger partial charge in [-0.2, -0.15) is 0 Å². The Kier molecular flexibility index (Phi) is 26.6. The molecule has 0 radical (unpaired) electrons. The fourth-order valence-corrected chi connectivity index (χ4v) is 3.95. The second-order valence-corrected chi connectivity index (χ2v) is 14.4. The third-order valence-corrected chi connectivity index (χ3v) is 8.07. The first kappa shape index (κ1) is 57.6. The molecule has 0 aromatic carbocycles. The zero-order valence-electron chi connectivity index (χ0n) is 37.1. The van der Waals surface area contributed by atoms with Crippen LogP contribution in [0.1, 0.15) is 48.5 Å². The SMILES string of the molecule is COCCOC(=O)C(C)(COC(=O)OCC(C)(COC(=O)[C@@H](C)OC(=O)[C@@H](C)O)C(=O)OCCOC)COC(=O)OCC(C)(COC(=O)[C@@H](C)OC(=O)[C@@H](C)O)C(=O)OCCOC. The van der Waals surface area contributed by atoms with Crippen LogP contribution in [0.2, 0.25) is 0 Å². The van der Waals surface area contributed by atoms with E-state index < -0.39 is 134 Å². The Morgan fingerprint density at radius 1 is 0.381 bits per heavy atom. The maximum Gasteiger partial charge on any atom is 0.508 e. The van der Waals surface area contributed by atoms with Gasteiger partial charge in [-0.15, -0.1) is 0 Å². The lowest BCUT2D eigenvalue weighted by Crippen LogP contribution is -2.44. The quantitative estimate of drug-likeness (QED) is 0.0525. The normalized spacial score (nSPS) is 15.7. The molecule has 0 aromatic rings. The molecule has 0 aliphatic heterocycles. The van der Waals surface area contributed by atoms with E-state index in [0.717, 1.165) is 27.7 Å². The van der Waals surface area contributed by atoms with Gasteiger partial charge in [-0.1, -0.05) is 0 Å². The summed E-state index contributed by atoms with van der Waals surface area (Å²) in [5.41, 5.74) is -5.75. The standard InChI is InChI=1S/C38H60O25/c1-23(39)27(41)62-25(3)29(43)56-17-36(5,31(45)53-14-11-50-8)19-58-34(48)60-21-38(7,33(47)55-16-13-52-10)22-61-35(49)59-20-37(6,32(46)54-15-12-51-9)18-57-30(44)26(4)63-28(42)24(2)40/h23-26,39-40H,11-22H2,1-10H3/t23-,24-,25-,26-,36?,37?,38?/m1/s1. The van der Waals surface area contributed by atoms with Crippen LogP contribution in [0.4, 0.5) is 9.59 Å². The molecule has 25 heteroatoms. The number of aliphatic hydroxyl groups excluding tert-OH is 2. The number of ether oxygens (including phenoxy) is 14. The molecule has 0 spiro atoms. The van der Waals surface area contributed by atoms with E-state index in [1.54, 1.807) is 0 Å². The molecule has 0 aromatic heterocycles. The third kappa shape index (κ3) is 22.0. The van der Waals surface area contributed by atoms with E-state index in [1.807, 2.05) is 0 Å². The number of carbonyl (C=O) groups excluding carboxylic acids is 9. The summed E-state index contributed by atoms with van der Waals surface area (Å²) in [6, 6.07) is 0. The molecule has 0 rings (SSSR count). The molecule has 25 nitrogen and oxygen atoms in total. The zero-order valence-corrected chi connectivity index (χ0v) is 37.1. The molecule has 0 saturated heterocycles. The summed E-state index contributed by atoms with van der Waals surface area (Å²) < 4.78 is 70.2. The lowest BCUT2D eigenvalue weighted by Gasteiger charge is -2.29. The first-order valence-corrected chi connectivity index (χ1v) is 19.1. The van der Waals surface area contributed by atoms with E-state index >= 15 is 0 Å². The van der Waals surface area contributed by atoms with Gasteiger partial charge in [0, 0.05) is 21.3 Å². The molecule has 0 amide bonds. The predicted octanol–water partition coefficient (Wildman–Crippen LogP) is -0.408. The Balaban J connectivity index is 5.94. The van der Waals surface area contributed by atoms with Gasteiger partial charge in [0.25, 0.3) is 0 Å². The molecule has 362 valence electrons. The summed E-state index contributed by atoms with van der Waals surface area (Å²) in [5.74, 6) is -7.58. The van der Waals surface area contributed by atoms with E-state index in [0.29, 0.717) is 0 Å². The molecule has 0 aliphatic rings. The summed E-state index contributed by atoms with van der Waals surface area (Å²) in [5, 5.41) is 18.7. The van der Waals surface area contributed by atoms with Crippen molar-refractivity contribution < 1.29 is 120 Å². The lowest BCUT2D eigenvalue weighted by atomic mass is 9.93. The molecule has 0 bridgehead atoms. The molecule has 2 N–H and O–H groups in total. The highest BCUT2D eigenvalue weighted by atomic mass is 16.7. The minimum absolute atomic E-state index is 0.0207. The monoisotopic (exact) mass is 916 g/mol. The number of hydrogen-bond donors (Lipinski definition) is 2. The largest absolute Gasteiger partial charge is 0.508 e. The fraction of sp³-hybridized carbons (Fsp3) is 0.763. The molecule has 0 aliphatic carbocycles. The van der Waals surface area contributed by atoms with Crippen LogP contribution < -0.4 is 0 Å². The van der Waals surface area contributed by atoms with E-state index in [2.05, 4.69) is 0 Å². The van der Waals surface area contributed by atoms with Crippen LogP contribution in [0.25, 0.3) is 0 Å². The van der Waals surface area contributed by atoms with E-state index in [1.165, 1.54) is 42.1 Å². The van der Waals surface area contributed by atoms with Crippen molar-refractivity contribution in [2.45, 2.75) is 72.9 Å². The van der Waals surface area contributed by atoms with E-state index in [9.17, 15) is 53.4 Å². The number of hydrogen-bond acceptors (Lipinski definition) is 25. The van der Waals surface area contributed by atoms with Gasteiger partial charge < -0.3 is 76.5 Å². The zero-order chi connectivity index (χ0) is 48.4. The molecule has 6 atom stereocenters. The Morgan fingerprint density at radius 2 is 0.619 bits per heavy atom. The van der Waals surface area contributed by atoms with Gasteiger partial charge >= 0.3 is 54.1 Å². The Bertz CT molecular complexity index is 1410. The average Bonchev–Trinajstić information content (AvgIpc) is 3.24. The summed E-state index contributed by atoms with van der Waals surface area (Å²) in [7, 11) is 4.01. The smallest absolute Gasteiger partial charge is 0.463 e. The summed E-state index contributed by atoms with van der Waals surface area (Å²) in [6.45, 7) is 2.28. The molecule has 0 heterocycles. The van der Waals surface area contributed by atoms with Crippen molar-refractivity contribution in [2.24, 2.45) is 16.2 Å². The molecule has 0 saturated carbocycles. The van der Waals surface area contributed by atoms with Gasteiger partial charge in [-0.05, 0) is 48.5 Å². The summed E-state index contributed by atoms with van der Waals surface area (Å²) in [6.07, 6.45) is -9.03. The minimum atomic E-state index is -1.97. The number of esters is 7. The van der Waals surface area contributed by atoms with Crippen LogP contribution in [-0.2, 0) is 99.9 Å². The van der Waals surface area contributed by atoms with Gasteiger partial charge in [0.05, 0.1) is 19.8 Å². The predicted molar refractivity (Wildman–Crippen MR) is 204 cm³/mol. The van der Waals surface area contributed by atoms with Gasteiger partial charge in [-0.25, -0.2) is 28.8 Å². The average molecular weight is 917 g/mol. The van der Waals surface area contributed by atoms with Crippen molar-refractivity contribution in [1.82, 2.24) is 0 Å². The Morgan fingerprint density at radius 3 is 0.841 bits per heavy atom. The minimum Gasteiger partial charge on any atom is -0.463 e. The topological polar surface area (TPSA) is 323 Å². The van der Waals surface area contributed by atoms with Crippen molar-refractivity contribution in [3.8, 4) is 0 Å². The van der Waals surface area contributed by atoms with E-state index in [-0.39, 0.29) is 39.6 Å². The highest BCUT2D eigenvalue weighted by Crippen LogP contribution is 2.25. The maximum atomic E-state index is 13.2. The fourth-order valence-electron chi connectivity index (χ4n) is 3.95. The third-order valence-electron chi connectivity index (χ3n) is 8.07. The van der Waals surface area contributed by atoms with Crippen molar-refractivity contribution in [2.75, 3.05) is 101 Å². The first-order chi connectivity index (χ1) is 29.4. The Hall–Kier alpha value is -5.37. The molecular weight excluding hydrogens is 856 g/mol. The van der Waals surface area contributed by atoms with Gasteiger partial charge in [0.1, 0.15) is 87.9 Å². The van der Waals surface area contributed by atoms with Crippen molar-refractivity contribution in [1.29, 1.82) is 0 Å². The van der Waals surface area contributed by atoms with Gasteiger partial charge in [-0.3, -0.25) is 14.4 Å². The maximum absolute atomic E-state index is 13.2. The van der Waals surface area contributed by atoms with Crippen molar-refractivity contribution in [3.63, 3.8) is 0 Å². The van der Waals surface area contributed by atoms with Crippen molar-refractivity contribution >= 4 is 54.1 Å². The second-order valence-electron chi connectivity index (χ2n) is 14.4. The highest BCUT2D eigenvalue weighted by molar-refractivity contribution is 5.83. The number of aliphatic hydroxyl groups is 2. The van der Waals surface area contributed by atoms with Gasteiger partial charge in [0.15, 0.2) is 12.2 Å². The van der Waals surface area contributed by atoms with Crippen molar-refractivity contribution in [3.05, 3.63) is 0 Å². The van der Waals surface area contributed by atoms with Crippen LogP contribution in [0.15, 0.2) is 0 Å². The summed E-state index contributed by atoms with van der Waals surface area (Å²) >= 11 is 0. The Labute approximate surface area is 363 Å². The number of rotatable bonds is 30. The molecule has 63 heavy (non-hydrogen) atoms. The molecular formula is C38H60O25. The second kappa shape index (κ2) is 29.1. The van der Waals surface area contributed by atoms with E-state index in [4.69, 9.17) is 66.3 Å². The van der Waals surface area contributed by atoms with Crippen LogP contribution in [0, 0.1) is 16.2 Å². The van der Waals surface area contributed by atoms with Crippen LogP contribution in [-0.4, -0.2) is 189 Å². The molecule has 2 unspecified atom stereocenters. The number of methoxy groups -OCH3 is 3.